The Hall–Kier alpha value is -2.32. The number of nitrogens with two attached hydrogens (primary N) is 1. The predicted octanol–water partition coefficient (Wildman–Crippen LogP) is 1.75. The topological polar surface area (TPSA) is 85.5 Å². The van der Waals surface area contributed by atoms with E-state index in [2.05, 4.69) is 9.72 Å². The molecule has 1 aliphatic heterocycles. The molecule has 0 aliphatic carbocycles. The number of carbonyl (C=O) groups is 2. The summed E-state index contributed by atoms with van der Waals surface area (Å²) in [6.07, 6.45) is -2.01. The van der Waals surface area contributed by atoms with Crippen molar-refractivity contribution in [1.29, 1.82) is 0 Å². The van der Waals surface area contributed by atoms with E-state index in [0.29, 0.717) is 12.8 Å². The summed E-state index contributed by atoms with van der Waals surface area (Å²) in [5.74, 6) is -1.41. The minimum atomic E-state index is -4.46. The molecule has 132 valence electrons. The molecule has 0 saturated carbocycles. The SMILES string of the molecule is C[C@H]1CC[C@@H](C(N)=O)CN1C(=O)c1ccc(OCC(F)(F)F)nc1. The number of hydrogen-bond donors (Lipinski definition) is 1. The van der Waals surface area contributed by atoms with Crippen LogP contribution in [0.2, 0.25) is 0 Å². The van der Waals surface area contributed by atoms with Gasteiger partial charge >= 0.3 is 6.18 Å². The number of nitrogens with zero attached hydrogens (tertiary/aromatic N) is 2. The average Bonchev–Trinajstić information content (AvgIpc) is 2.52. The smallest absolute Gasteiger partial charge is 0.422 e. The molecule has 2 heterocycles. The molecule has 1 fully saturated rings. The summed E-state index contributed by atoms with van der Waals surface area (Å²) in [5.41, 5.74) is 5.52. The Kier molecular flexibility index (Phi) is 5.30. The second kappa shape index (κ2) is 7.06. The lowest BCUT2D eigenvalue weighted by atomic mass is 9.92. The highest BCUT2D eigenvalue weighted by molar-refractivity contribution is 5.94. The number of carbonyl (C=O) groups excluding carboxylic acids is 2. The van der Waals surface area contributed by atoms with Crippen LogP contribution in [0.1, 0.15) is 30.1 Å². The van der Waals surface area contributed by atoms with Crippen molar-refractivity contribution in [2.75, 3.05) is 13.2 Å². The summed E-state index contributed by atoms with van der Waals surface area (Å²) in [5, 5.41) is 0. The predicted molar refractivity (Wildman–Crippen MR) is 78.2 cm³/mol. The maximum atomic E-state index is 12.5. The van der Waals surface area contributed by atoms with Gasteiger partial charge in [0.25, 0.3) is 5.91 Å². The zero-order valence-corrected chi connectivity index (χ0v) is 13.0. The van der Waals surface area contributed by atoms with Crippen LogP contribution in [0.25, 0.3) is 0 Å². The molecule has 2 rings (SSSR count). The number of aromatic nitrogens is 1. The molecule has 1 aromatic rings. The maximum Gasteiger partial charge on any atom is 0.422 e. The van der Waals surface area contributed by atoms with Gasteiger partial charge in [-0.1, -0.05) is 0 Å². The summed E-state index contributed by atoms with van der Waals surface area (Å²) in [7, 11) is 0. The van der Waals surface area contributed by atoms with Gasteiger partial charge in [-0.2, -0.15) is 13.2 Å². The molecule has 9 heteroatoms. The first-order chi connectivity index (χ1) is 11.2. The lowest BCUT2D eigenvalue weighted by Crippen LogP contribution is -2.48. The Labute approximate surface area is 136 Å². The van der Waals surface area contributed by atoms with Crippen molar-refractivity contribution in [3.05, 3.63) is 23.9 Å². The van der Waals surface area contributed by atoms with Gasteiger partial charge in [-0.25, -0.2) is 4.98 Å². The minimum absolute atomic E-state index is 0.0609. The van der Waals surface area contributed by atoms with E-state index in [1.807, 2.05) is 6.92 Å². The summed E-state index contributed by atoms with van der Waals surface area (Å²) in [4.78, 5) is 29.1. The lowest BCUT2D eigenvalue weighted by molar-refractivity contribution is -0.154. The van der Waals surface area contributed by atoms with Gasteiger partial charge in [0.1, 0.15) is 0 Å². The molecule has 0 bridgehead atoms. The number of likely N-dealkylation sites (tertiary alicyclic amines) is 1. The fourth-order valence-electron chi connectivity index (χ4n) is 2.54. The number of amides is 2. The molecule has 1 saturated heterocycles. The van der Waals surface area contributed by atoms with Gasteiger partial charge in [0.05, 0.1) is 11.5 Å². The van der Waals surface area contributed by atoms with E-state index < -0.39 is 24.6 Å². The number of alkyl halides is 3. The second-order valence-corrected chi connectivity index (χ2v) is 5.77. The molecule has 2 atom stereocenters. The molecule has 2 N–H and O–H groups in total. The number of rotatable bonds is 4. The average molecular weight is 345 g/mol. The standard InChI is InChI=1S/C15H18F3N3O3/c1-9-2-3-11(13(19)22)7-21(9)14(23)10-4-5-12(20-6-10)24-8-15(16,17)18/h4-6,9,11H,2-3,7-8H2,1H3,(H2,19,22)/t9-,11+/m0/s1. The number of pyridine rings is 1. The van der Waals surface area contributed by atoms with Gasteiger partial charge in [-0.15, -0.1) is 0 Å². The first-order valence-corrected chi connectivity index (χ1v) is 7.43. The molecule has 0 unspecified atom stereocenters. The highest BCUT2D eigenvalue weighted by Crippen LogP contribution is 2.24. The first-order valence-electron chi connectivity index (χ1n) is 7.43. The summed E-state index contributed by atoms with van der Waals surface area (Å²) in [6, 6.07) is 2.50. The van der Waals surface area contributed by atoms with Crippen molar-refractivity contribution >= 4 is 11.8 Å². The van der Waals surface area contributed by atoms with Crippen LogP contribution < -0.4 is 10.5 Å². The van der Waals surface area contributed by atoms with E-state index >= 15 is 0 Å². The van der Waals surface area contributed by atoms with E-state index in [0.717, 1.165) is 6.20 Å². The molecular formula is C15H18F3N3O3. The zero-order chi connectivity index (χ0) is 17.9. The monoisotopic (exact) mass is 345 g/mol. The third-order valence-electron chi connectivity index (χ3n) is 3.91. The molecule has 2 amide bonds. The molecule has 0 aromatic carbocycles. The van der Waals surface area contributed by atoms with Gasteiger partial charge in [0, 0.05) is 24.8 Å². The largest absolute Gasteiger partial charge is 0.468 e. The Morgan fingerprint density at radius 1 is 1.38 bits per heavy atom. The maximum absolute atomic E-state index is 12.5. The van der Waals surface area contributed by atoms with Crippen molar-refractivity contribution < 1.29 is 27.5 Å². The first kappa shape index (κ1) is 18.0. The Morgan fingerprint density at radius 3 is 2.62 bits per heavy atom. The van der Waals surface area contributed by atoms with Gasteiger partial charge in [-0.05, 0) is 25.8 Å². The summed E-state index contributed by atoms with van der Waals surface area (Å²) < 4.78 is 40.8. The quantitative estimate of drug-likeness (QED) is 0.901. The minimum Gasteiger partial charge on any atom is -0.468 e. The van der Waals surface area contributed by atoms with Gasteiger partial charge in [0.2, 0.25) is 11.8 Å². The zero-order valence-electron chi connectivity index (χ0n) is 13.0. The van der Waals surface area contributed by atoms with E-state index in [4.69, 9.17) is 5.73 Å². The van der Waals surface area contributed by atoms with E-state index in [1.54, 1.807) is 0 Å². The normalized spacial score (nSPS) is 21.4. The van der Waals surface area contributed by atoms with Crippen LogP contribution in [0.15, 0.2) is 18.3 Å². The van der Waals surface area contributed by atoms with Crippen LogP contribution in [0, 0.1) is 5.92 Å². The van der Waals surface area contributed by atoms with Crippen LogP contribution in [-0.4, -0.2) is 47.1 Å². The van der Waals surface area contributed by atoms with Crippen LogP contribution in [0.3, 0.4) is 0 Å². The fraction of sp³-hybridized carbons (Fsp3) is 0.533. The molecule has 1 aliphatic rings. The molecular weight excluding hydrogens is 327 g/mol. The molecule has 6 nitrogen and oxygen atoms in total. The van der Waals surface area contributed by atoms with E-state index in [9.17, 15) is 22.8 Å². The van der Waals surface area contributed by atoms with Crippen LogP contribution in [0.4, 0.5) is 13.2 Å². The van der Waals surface area contributed by atoms with Crippen LogP contribution in [0.5, 0.6) is 5.88 Å². The Morgan fingerprint density at radius 2 is 2.08 bits per heavy atom. The van der Waals surface area contributed by atoms with Gasteiger partial charge < -0.3 is 15.4 Å². The fourth-order valence-corrected chi connectivity index (χ4v) is 2.54. The Balaban J connectivity index is 2.04. The number of piperidine rings is 1. The van der Waals surface area contributed by atoms with Crippen molar-refractivity contribution in [3.8, 4) is 5.88 Å². The third-order valence-corrected chi connectivity index (χ3v) is 3.91. The number of hydrogen-bond acceptors (Lipinski definition) is 4. The number of primary amides is 1. The Bertz CT molecular complexity index is 604. The second-order valence-electron chi connectivity index (χ2n) is 5.77. The summed E-state index contributed by atoms with van der Waals surface area (Å²) in [6.45, 7) is 0.641. The number of ether oxygens (including phenoxy) is 1. The highest BCUT2D eigenvalue weighted by atomic mass is 19.4. The van der Waals surface area contributed by atoms with Crippen molar-refractivity contribution in [1.82, 2.24) is 9.88 Å². The highest BCUT2D eigenvalue weighted by Gasteiger charge is 2.32. The van der Waals surface area contributed by atoms with E-state index in [1.165, 1.54) is 17.0 Å². The van der Waals surface area contributed by atoms with E-state index in [-0.39, 0.29) is 29.9 Å². The van der Waals surface area contributed by atoms with Crippen molar-refractivity contribution in [2.24, 2.45) is 11.7 Å². The van der Waals surface area contributed by atoms with Crippen LogP contribution >= 0.6 is 0 Å². The number of halogens is 3. The molecule has 24 heavy (non-hydrogen) atoms. The third kappa shape index (κ3) is 4.59. The van der Waals surface area contributed by atoms with Gasteiger partial charge in [-0.3, -0.25) is 9.59 Å². The molecule has 1 aromatic heterocycles. The van der Waals surface area contributed by atoms with Crippen LogP contribution in [-0.2, 0) is 4.79 Å². The molecule has 0 radical (unpaired) electrons. The van der Waals surface area contributed by atoms with Crippen molar-refractivity contribution in [2.45, 2.75) is 32.0 Å². The summed E-state index contributed by atoms with van der Waals surface area (Å²) >= 11 is 0. The van der Waals surface area contributed by atoms with Crippen molar-refractivity contribution in [3.63, 3.8) is 0 Å². The lowest BCUT2D eigenvalue weighted by Gasteiger charge is -2.36. The van der Waals surface area contributed by atoms with Gasteiger partial charge in [0.15, 0.2) is 6.61 Å². The molecule has 0 spiro atoms.